The number of halogens is 5. The van der Waals surface area contributed by atoms with Crippen molar-refractivity contribution in [1.29, 1.82) is 0 Å². The molecule has 9 heteroatoms. The molecule has 3 aromatic rings. The molecule has 2 atom stereocenters. The summed E-state index contributed by atoms with van der Waals surface area (Å²) < 4.78 is 42.2. The first-order chi connectivity index (χ1) is 17.6. The van der Waals surface area contributed by atoms with Crippen LogP contribution in [0.4, 0.5) is 18.9 Å². The average molecular weight is 593 g/mol. The highest BCUT2D eigenvalue weighted by molar-refractivity contribution is 9.10. The van der Waals surface area contributed by atoms with Crippen molar-refractivity contribution in [3.8, 4) is 0 Å². The zero-order valence-electron chi connectivity index (χ0n) is 19.9. The summed E-state index contributed by atoms with van der Waals surface area (Å²) in [5.41, 5.74) is 0.481. The van der Waals surface area contributed by atoms with Crippen molar-refractivity contribution in [2.75, 3.05) is 18.9 Å². The summed E-state index contributed by atoms with van der Waals surface area (Å²) in [5.74, 6) is 0. The molecule has 1 heterocycles. The van der Waals surface area contributed by atoms with Gasteiger partial charge in [0.15, 0.2) is 6.35 Å². The number of alkyl halides is 3. The Labute approximate surface area is 227 Å². The fraction of sp³-hybridized carbons (Fsp3) is 0.214. The molecule has 4 rings (SSSR count). The van der Waals surface area contributed by atoms with Crippen LogP contribution in [0.15, 0.2) is 106 Å². The number of aliphatic hydroxyl groups excluding tert-OH is 1. The molecular weight excluding hydrogens is 567 g/mol. The Morgan fingerprint density at radius 1 is 0.973 bits per heavy atom. The van der Waals surface area contributed by atoms with Crippen LogP contribution in [0.5, 0.6) is 0 Å². The van der Waals surface area contributed by atoms with Gasteiger partial charge in [-0.1, -0.05) is 76.1 Å². The van der Waals surface area contributed by atoms with Gasteiger partial charge in [-0.3, -0.25) is 5.32 Å². The summed E-state index contributed by atoms with van der Waals surface area (Å²) in [7, 11) is 1.82. The number of allylic oxidation sites excluding steroid dienone is 2. The molecule has 37 heavy (non-hydrogen) atoms. The van der Waals surface area contributed by atoms with E-state index in [1.54, 1.807) is 30.4 Å². The van der Waals surface area contributed by atoms with Crippen LogP contribution in [-0.2, 0) is 18.1 Å². The smallest absolute Gasteiger partial charge is 0.371 e. The number of nitrogens with zero attached hydrogens (tertiary/aromatic N) is 1. The van der Waals surface area contributed by atoms with E-state index in [-0.39, 0.29) is 6.42 Å². The standard InChI is InChI=1S/C28H26BrClF3N3O/c1-36-18-23(30)13-14-25(36)27(17-19-7-3-2-4-8-19,20-9-5-10-21(15-20)28(31,32)33)35-26(37)34-24-12-6-11-22(29)16-24/h2-16,26,34-35,37H,17-18H2,1H3. The summed E-state index contributed by atoms with van der Waals surface area (Å²) in [6.45, 7) is 0.375. The summed E-state index contributed by atoms with van der Waals surface area (Å²) in [6.07, 6.45) is -2.07. The highest BCUT2D eigenvalue weighted by atomic mass is 79.9. The van der Waals surface area contributed by atoms with Crippen molar-refractivity contribution in [3.63, 3.8) is 0 Å². The number of likely N-dealkylation sites (N-methyl/N-ethyl adjacent to an activating group) is 1. The summed E-state index contributed by atoms with van der Waals surface area (Å²) >= 11 is 9.70. The van der Waals surface area contributed by atoms with Crippen molar-refractivity contribution >= 4 is 33.2 Å². The number of rotatable bonds is 8. The predicted molar refractivity (Wildman–Crippen MR) is 145 cm³/mol. The van der Waals surface area contributed by atoms with Gasteiger partial charge in [0.2, 0.25) is 0 Å². The molecule has 1 aliphatic rings. The summed E-state index contributed by atoms with van der Waals surface area (Å²) in [4.78, 5) is 1.88. The Morgan fingerprint density at radius 3 is 2.35 bits per heavy atom. The molecular formula is C28H26BrClF3N3O. The molecule has 2 unspecified atom stereocenters. The van der Waals surface area contributed by atoms with Gasteiger partial charge in [-0.05, 0) is 53.6 Å². The predicted octanol–water partition coefficient (Wildman–Crippen LogP) is 6.84. The van der Waals surface area contributed by atoms with E-state index in [0.717, 1.165) is 22.2 Å². The molecule has 0 spiro atoms. The molecule has 0 fully saturated rings. The molecule has 3 aromatic carbocycles. The Balaban J connectivity index is 1.88. The van der Waals surface area contributed by atoms with Crippen LogP contribution in [0.1, 0.15) is 16.7 Å². The maximum absolute atomic E-state index is 13.8. The minimum absolute atomic E-state index is 0.258. The van der Waals surface area contributed by atoms with Crippen molar-refractivity contribution < 1.29 is 18.3 Å². The highest BCUT2D eigenvalue weighted by Gasteiger charge is 2.42. The molecule has 0 amide bonds. The van der Waals surface area contributed by atoms with Crippen molar-refractivity contribution in [2.45, 2.75) is 24.5 Å². The van der Waals surface area contributed by atoms with Gasteiger partial charge >= 0.3 is 6.18 Å². The van der Waals surface area contributed by atoms with E-state index in [1.165, 1.54) is 6.07 Å². The molecule has 0 saturated carbocycles. The SMILES string of the molecule is CN1CC(Cl)=CC=C1C(Cc1ccccc1)(NC(O)Nc1cccc(Br)c1)c1cccc(C(F)(F)F)c1. The normalized spacial score (nSPS) is 16.5. The van der Waals surface area contributed by atoms with Crippen LogP contribution in [0.2, 0.25) is 0 Å². The fourth-order valence-electron chi connectivity index (χ4n) is 4.55. The first-order valence-electron chi connectivity index (χ1n) is 11.5. The van der Waals surface area contributed by atoms with Crippen LogP contribution in [0, 0.1) is 0 Å². The van der Waals surface area contributed by atoms with Gasteiger partial charge in [0.1, 0.15) is 0 Å². The van der Waals surface area contributed by atoms with Crippen LogP contribution in [0.3, 0.4) is 0 Å². The van der Waals surface area contributed by atoms with Gasteiger partial charge in [0.25, 0.3) is 0 Å². The van der Waals surface area contributed by atoms with Crippen molar-refractivity contribution in [3.05, 3.63) is 123 Å². The zero-order chi connectivity index (χ0) is 26.6. The topological polar surface area (TPSA) is 47.5 Å². The molecule has 0 aliphatic carbocycles. The molecule has 0 saturated heterocycles. The maximum Gasteiger partial charge on any atom is 0.416 e. The number of nitrogens with one attached hydrogen (secondary N) is 2. The van der Waals surface area contributed by atoms with E-state index in [9.17, 15) is 18.3 Å². The summed E-state index contributed by atoms with van der Waals surface area (Å²) in [6, 6.07) is 21.9. The molecule has 0 bridgehead atoms. The first-order valence-corrected chi connectivity index (χ1v) is 12.7. The van der Waals surface area contributed by atoms with Gasteiger partial charge in [-0.25, -0.2) is 0 Å². The average Bonchev–Trinajstić information content (AvgIpc) is 2.84. The van der Waals surface area contributed by atoms with Crippen LogP contribution in [0.25, 0.3) is 0 Å². The number of aliphatic hydroxyl groups is 1. The first kappa shape index (κ1) is 27.3. The highest BCUT2D eigenvalue weighted by Crippen LogP contribution is 2.40. The monoisotopic (exact) mass is 591 g/mol. The zero-order valence-corrected chi connectivity index (χ0v) is 22.3. The van der Waals surface area contributed by atoms with Crippen LogP contribution in [-0.4, -0.2) is 30.0 Å². The van der Waals surface area contributed by atoms with Gasteiger partial charge < -0.3 is 15.3 Å². The van der Waals surface area contributed by atoms with E-state index in [2.05, 4.69) is 26.6 Å². The third-order valence-corrected chi connectivity index (χ3v) is 6.90. The Kier molecular flexibility index (Phi) is 8.33. The molecule has 1 aliphatic heterocycles. The Bertz CT molecular complexity index is 1300. The molecule has 194 valence electrons. The Hall–Kier alpha value is -2.78. The van der Waals surface area contributed by atoms with E-state index in [4.69, 9.17) is 11.6 Å². The van der Waals surface area contributed by atoms with Gasteiger partial charge in [-0.2, -0.15) is 13.2 Å². The second-order valence-electron chi connectivity index (χ2n) is 8.87. The Morgan fingerprint density at radius 2 is 1.68 bits per heavy atom. The number of hydrogen-bond donors (Lipinski definition) is 3. The lowest BCUT2D eigenvalue weighted by Crippen LogP contribution is -2.56. The van der Waals surface area contributed by atoms with E-state index < -0.39 is 23.6 Å². The lowest BCUT2D eigenvalue weighted by Gasteiger charge is -2.44. The third kappa shape index (κ3) is 6.57. The van der Waals surface area contributed by atoms with Gasteiger partial charge in [-0.15, -0.1) is 0 Å². The summed E-state index contributed by atoms with van der Waals surface area (Å²) in [5, 5.41) is 18.1. The second-order valence-corrected chi connectivity index (χ2v) is 10.3. The molecule has 3 N–H and O–H groups in total. The van der Waals surface area contributed by atoms with E-state index in [0.29, 0.717) is 28.5 Å². The number of benzene rings is 3. The van der Waals surface area contributed by atoms with Crippen molar-refractivity contribution in [2.24, 2.45) is 0 Å². The van der Waals surface area contributed by atoms with E-state index in [1.807, 2.05) is 54.4 Å². The lowest BCUT2D eigenvalue weighted by molar-refractivity contribution is -0.137. The fourth-order valence-corrected chi connectivity index (χ4v) is 5.19. The molecule has 0 radical (unpaired) electrons. The number of anilines is 1. The largest absolute Gasteiger partial charge is 0.416 e. The number of hydrogen-bond acceptors (Lipinski definition) is 4. The lowest BCUT2D eigenvalue weighted by atomic mass is 9.78. The quantitative estimate of drug-likeness (QED) is 0.251. The third-order valence-electron chi connectivity index (χ3n) is 6.16. The van der Waals surface area contributed by atoms with Crippen LogP contribution >= 0.6 is 27.5 Å². The van der Waals surface area contributed by atoms with Crippen molar-refractivity contribution in [1.82, 2.24) is 10.2 Å². The van der Waals surface area contributed by atoms with E-state index >= 15 is 0 Å². The van der Waals surface area contributed by atoms with Gasteiger partial charge in [0.05, 0.1) is 17.6 Å². The minimum atomic E-state index is -4.53. The van der Waals surface area contributed by atoms with Gasteiger partial charge in [0, 0.05) is 34.4 Å². The maximum atomic E-state index is 13.8. The van der Waals surface area contributed by atoms with Crippen LogP contribution < -0.4 is 10.6 Å². The minimum Gasteiger partial charge on any atom is -0.371 e. The second kappa shape index (κ2) is 11.3. The molecule has 0 aromatic heterocycles. The molecule has 4 nitrogen and oxygen atoms in total.